The van der Waals surface area contributed by atoms with Gasteiger partial charge in [0, 0.05) is 16.3 Å². The second kappa shape index (κ2) is 19.2. The molecule has 2 heteroatoms. The molecule has 398 valence electrons. The molecule has 0 amide bonds. The van der Waals surface area contributed by atoms with Crippen LogP contribution in [0.25, 0.3) is 76.8 Å². The van der Waals surface area contributed by atoms with E-state index in [0.29, 0.717) is 0 Å². The smallest absolute Gasteiger partial charge is 0.0794 e. The fraction of sp³-hybridized carbons (Fsp3) is 0.0732. The van der Waals surface area contributed by atoms with Crippen LogP contribution in [0, 0.1) is 27.7 Å². The molecular weight excluding hydrogens is 1010 g/mol. The first-order valence-electron chi connectivity index (χ1n) is 29.5. The van der Waals surface area contributed by atoms with Gasteiger partial charge in [0.1, 0.15) is 0 Å². The number of fused-ring (bicyclic) bond motifs is 6. The Labute approximate surface area is 491 Å². The third-order valence-corrected chi connectivity index (χ3v) is 18.6. The van der Waals surface area contributed by atoms with Crippen molar-refractivity contribution in [1.82, 2.24) is 0 Å². The van der Waals surface area contributed by atoms with Crippen LogP contribution in [0.1, 0.15) is 66.8 Å². The van der Waals surface area contributed by atoms with E-state index in [9.17, 15) is 0 Å². The molecule has 2 aliphatic rings. The summed E-state index contributed by atoms with van der Waals surface area (Å²) < 4.78 is 0. The fourth-order valence-corrected chi connectivity index (χ4v) is 15.0. The number of hydrogen-bond acceptors (Lipinski definition) is 2. The summed E-state index contributed by atoms with van der Waals surface area (Å²) in [5.41, 5.74) is 30.6. The maximum atomic E-state index is 4.12. The zero-order valence-corrected chi connectivity index (χ0v) is 47.6. The van der Waals surface area contributed by atoms with Crippen LogP contribution >= 0.6 is 0 Å². The first kappa shape index (κ1) is 49.5. The van der Waals surface area contributed by atoms with Crippen LogP contribution in [0.15, 0.2) is 285 Å². The molecule has 0 aromatic heterocycles. The summed E-state index contributed by atoms with van der Waals surface area (Å²) in [6.45, 7) is 8.76. The number of rotatable bonds is 10. The molecule has 0 saturated heterocycles. The molecule has 0 bridgehead atoms. The van der Waals surface area contributed by atoms with Gasteiger partial charge in [-0.3, -0.25) is 10.4 Å². The minimum absolute atomic E-state index is 0.617. The Morgan fingerprint density at radius 2 is 0.738 bits per heavy atom. The van der Waals surface area contributed by atoms with E-state index in [4.69, 9.17) is 0 Å². The number of hydrogen-bond donors (Lipinski definition) is 1. The number of benzene rings is 14. The summed E-state index contributed by atoms with van der Waals surface area (Å²) in [5, 5.41) is 9.71. The molecule has 0 aliphatic heterocycles. The van der Waals surface area contributed by atoms with E-state index in [-0.39, 0.29) is 0 Å². The highest BCUT2D eigenvalue weighted by Gasteiger charge is 2.48. The number of nitrogens with zero attached hydrogens (tertiary/aromatic N) is 1. The highest BCUT2D eigenvalue weighted by atomic mass is 15.5. The fourth-order valence-electron chi connectivity index (χ4n) is 15.0. The van der Waals surface area contributed by atoms with Crippen molar-refractivity contribution >= 4 is 49.4 Å². The Balaban J connectivity index is 1.07. The molecule has 0 saturated carbocycles. The van der Waals surface area contributed by atoms with E-state index in [1.54, 1.807) is 0 Å². The lowest BCUT2D eigenvalue weighted by Crippen LogP contribution is -2.29. The number of nitrogens with one attached hydrogen (secondary N) is 1. The first-order valence-corrected chi connectivity index (χ1v) is 29.5. The van der Waals surface area contributed by atoms with Crippen LogP contribution in [0.2, 0.25) is 0 Å². The lowest BCUT2D eigenvalue weighted by Gasteiger charge is -2.36. The maximum Gasteiger partial charge on any atom is 0.0794 e. The van der Waals surface area contributed by atoms with Crippen molar-refractivity contribution in [2.75, 3.05) is 10.4 Å². The third kappa shape index (κ3) is 7.30. The minimum Gasteiger partial charge on any atom is -0.294 e. The summed E-state index contributed by atoms with van der Waals surface area (Å²) in [7, 11) is 0. The van der Waals surface area contributed by atoms with Crippen molar-refractivity contribution in [3.8, 4) is 44.5 Å². The van der Waals surface area contributed by atoms with E-state index in [1.165, 1.54) is 122 Å². The standard InChI is InChI=1S/C82H60N2/c1-52-36-42-60(43-37-52)81(72-32-9-5-28-66(72)67-29-6-10-33-73(67)81)62-24-16-22-58(50-62)77-70-46-40-56-20-15-21-57-41-47-71(79(70)76(56)57)80(84(65-27-14-19-55(4)49-65)83-64-26-13-18-54(3)48-64)78(77)59-23-17-25-63(51-59)82(61-44-38-53(2)39-45-61)74-34-11-7-30-68(74)69-31-8-12-35-75(69)82/h5-51,83H,1-4H3. The highest BCUT2D eigenvalue weighted by molar-refractivity contribution is 6.31. The van der Waals surface area contributed by atoms with Gasteiger partial charge in [0.05, 0.1) is 27.9 Å². The van der Waals surface area contributed by atoms with E-state index in [0.717, 1.165) is 39.1 Å². The van der Waals surface area contributed by atoms with Crippen molar-refractivity contribution in [3.63, 3.8) is 0 Å². The van der Waals surface area contributed by atoms with Gasteiger partial charge in [-0.25, -0.2) is 0 Å². The zero-order chi connectivity index (χ0) is 56.3. The van der Waals surface area contributed by atoms with Gasteiger partial charge in [0.15, 0.2) is 0 Å². The number of anilines is 3. The largest absolute Gasteiger partial charge is 0.294 e. The maximum absolute atomic E-state index is 4.12. The molecule has 2 nitrogen and oxygen atoms in total. The van der Waals surface area contributed by atoms with Crippen LogP contribution in [0.5, 0.6) is 0 Å². The van der Waals surface area contributed by atoms with Crippen LogP contribution in [0.3, 0.4) is 0 Å². The average Bonchev–Trinajstić information content (AvgIpc) is 1.54. The van der Waals surface area contributed by atoms with Gasteiger partial charge in [0.25, 0.3) is 0 Å². The molecule has 0 heterocycles. The molecule has 0 radical (unpaired) electrons. The number of hydrazine groups is 1. The minimum atomic E-state index is -0.632. The quantitative estimate of drug-likeness (QED) is 0.108. The van der Waals surface area contributed by atoms with Gasteiger partial charge in [-0.15, -0.1) is 0 Å². The predicted molar refractivity (Wildman–Crippen MR) is 353 cm³/mol. The normalized spacial score (nSPS) is 13.4. The highest BCUT2D eigenvalue weighted by Crippen LogP contribution is 2.60. The van der Waals surface area contributed by atoms with Crippen molar-refractivity contribution < 1.29 is 0 Å². The Morgan fingerprint density at radius 3 is 1.24 bits per heavy atom. The molecule has 14 aromatic carbocycles. The van der Waals surface area contributed by atoms with Crippen molar-refractivity contribution in [2.45, 2.75) is 38.5 Å². The van der Waals surface area contributed by atoms with E-state index < -0.39 is 10.8 Å². The lowest BCUT2D eigenvalue weighted by atomic mass is 9.66. The van der Waals surface area contributed by atoms with E-state index >= 15 is 0 Å². The van der Waals surface area contributed by atoms with Gasteiger partial charge in [-0.1, -0.05) is 260 Å². The molecule has 1 N–H and O–H groups in total. The molecule has 0 atom stereocenters. The Kier molecular flexibility index (Phi) is 11.3. The monoisotopic (exact) mass is 1070 g/mol. The van der Waals surface area contributed by atoms with Crippen molar-refractivity contribution in [2.24, 2.45) is 0 Å². The Morgan fingerprint density at radius 1 is 0.298 bits per heavy atom. The topological polar surface area (TPSA) is 15.3 Å². The molecule has 0 spiro atoms. The molecule has 84 heavy (non-hydrogen) atoms. The van der Waals surface area contributed by atoms with Gasteiger partial charge in [-0.05, 0) is 180 Å². The molecule has 2 aliphatic carbocycles. The van der Waals surface area contributed by atoms with E-state index in [2.05, 4.69) is 323 Å². The number of aryl methyl sites for hydroxylation is 4. The second-order valence-corrected chi connectivity index (χ2v) is 23.5. The van der Waals surface area contributed by atoms with Gasteiger partial charge < -0.3 is 0 Å². The summed E-state index contributed by atoms with van der Waals surface area (Å²) in [6.07, 6.45) is 0. The zero-order valence-electron chi connectivity index (χ0n) is 47.6. The predicted octanol–water partition coefficient (Wildman–Crippen LogP) is 21.0. The summed E-state index contributed by atoms with van der Waals surface area (Å²) in [5.74, 6) is 0. The average molecular weight is 1070 g/mol. The van der Waals surface area contributed by atoms with Crippen molar-refractivity contribution in [3.05, 3.63) is 352 Å². The van der Waals surface area contributed by atoms with Crippen LogP contribution in [-0.4, -0.2) is 0 Å². The lowest BCUT2D eigenvalue weighted by molar-refractivity contribution is 0.768. The van der Waals surface area contributed by atoms with Gasteiger partial charge >= 0.3 is 0 Å². The van der Waals surface area contributed by atoms with Gasteiger partial charge in [0.2, 0.25) is 0 Å². The molecule has 0 fully saturated rings. The van der Waals surface area contributed by atoms with Gasteiger partial charge in [-0.2, -0.15) is 0 Å². The summed E-state index contributed by atoms with van der Waals surface area (Å²) in [6, 6.07) is 108. The second-order valence-electron chi connectivity index (χ2n) is 23.5. The molecule has 0 unspecified atom stereocenters. The Hall–Kier alpha value is -10.3. The molecular formula is C82H60N2. The van der Waals surface area contributed by atoms with Crippen LogP contribution in [-0.2, 0) is 10.8 Å². The molecule has 16 rings (SSSR count). The summed E-state index contributed by atoms with van der Waals surface area (Å²) in [4.78, 5) is 0. The van der Waals surface area contributed by atoms with E-state index in [1.807, 2.05) is 0 Å². The van der Waals surface area contributed by atoms with Crippen molar-refractivity contribution in [1.29, 1.82) is 0 Å². The summed E-state index contributed by atoms with van der Waals surface area (Å²) >= 11 is 0. The first-order chi connectivity index (χ1) is 41.3. The Bertz CT molecular complexity index is 4820. The van der Waals surface area contributed by atoms with Crippen LogP contribution < -0.4 is 10.4 Å². The third-order valence-electron chi connectivity index (χ3n) is 18.6. The molecule has 14 aromatic rings. The SMILES string of the molecule is Cc1ccc(C2(c3cccc(-c4c(-c5cccc(C6(c7ccc(C)cc7)c7ccccc7-c7ccccc76)c5)c5ccc6cccc7ccc(c4N(Nc4cccc(C)c4)c4cccc(C)c4)c5c67)c3)c3ccccc3-c3ccccc32)cc1. The van der Waals surface area contributed by atoms with Crippen LogP contribution in [0.4, 0.5) is 17.1 Å².